The smallest absolute Gasteiger partial charge is 0.243 e. The van der Waals surface area contributed by atoms with Crippen LogP contribution in [0.25, 0.3) is 10.8 Å². The summed E-state index contributed by atoms with van der Waals surface area (Å²) < 4.78 is 27.2. The van der Waals surface area contributed by atoms with Crippen LogP contribution in [0, 0.1) is 0 Å². The summed E-state index contributed by atoms with van der Waals surface area (Å²) in [7, 11) is -3.51. The van der Waals surface area contributed by atoms with Gasteiger partial charge in [0.05, 0.1) is 4.90 Å². The number of fused-ring (bicyclic) bond motifs is 1. The van der Waals surface area contributed by atoms with Crippen molar-refractivity contribution in [2.24, 2.45) is 5.73 Å². The summed E-state index contributed by atoms with van der Waals surface area (Å²) in [5.74, 6) is 0. The molecule has 3 rings (SSSR count). The third-order valence-corrected chi connectivity index (χ3v) is 6.23. The number of nitrogens with zero attached hydrogens (tertiary/aromatic N) is 1. The Morgan fingerprint density at radius 2 is 1.64 bits per heavy atom. The van der Waals surface area contributed by atoms with Crippen molar-refractivity contribution in [2.45, 2.75) is 23.8 Å². The molecule has 0 aliphatic carbocycles. The van der Waals surface area contributed by atoms with E-state index < -0.39 is 10.0 Å². The van der Waals surface area contributed by atoms with E-state index in [1.165, 1.54) is 4.31 Å². The molecule has 1 aliphatic rings. The molecule has 0 aromatic heterocycles. The van der Waals surface area contributed by atoms with Crippen molar-refractivity contribution in [3.63, 3.8) is 0 Å². The first-order chi connectivity index (χ1) is 10.00. The molecule has 1 fully saturated rings. The Kier molecular flexibility index (Phi) is 5.35. The van der Waals surface area contributed by atoms with Crippen LogP contribution in [0.3, 0.4) is 0 Å². The highest BCUT2D eigenvalue weighted by atomic mass is 35.5. The van der Waals surface area contributed by atoms with Gasteiger partial charge in [0, 0.05) is 34.9 Å². The summed E-state index contributed by atoms with van der Waals surface area (Å²) in [6, 6.07) is 10.6. The highest BCUT2D eigenvalue weighted by Crippen LogP contribution is 2.31. The average Bonchev–Trinajstić information content (AvgIpc) is 2.48. The van der Waals surface area contributed by atoms with Crippen LogP contribution in [-0.4, -0.2) is 31.9 Å². The lowest BCUT2D eigenvalue weighted by atomic mass is 10.1. The third-order valence-electron chi connectivity index (χ3n) is 3.95. The van der Waals surface area contributed by atoms with Crippen molar-refractivity contribution in [1.82, 2.24) is 4.31 Å². The average molecular weight is 361 g/mol. The van der Waals surface area contributed by atoms with Gasteiger partial charge in [-0.15, -0.1) is 12.4 Å². The van der Waals surface area contributed by atoms with E-state index in [9.17, 15) is 8.42 Å². The number of sulfonamides is 1. The lowest BCUT2D eigenvalue weighted by Crippen LogP contribution is -2.42. The molecule has 0 radical (unpaired) electrons. The molecule has 1 saturated heterocycles. The largest absolute Gasteiger partial charge is 0.328 e. The SMILES string of the molecule is Cl.NC1CCN(S(=O)(=O)c2ccc(Cl)c3ccccc23)CC1. The molecule has 0 amide bonds. The molecule has 2 N–H and O–H groups in total. The summed E-state index contributed by atoms with van der Waals surface area (Å²) in [5, 5.41) is 1.99. The van der Waals surface area contributed by atoms with Gasteiger partial charge in [0.2, 0.25) is 10.0 Å². The van der Waals surface area contributed by atoms with E-state index in [1.54, 1.807) is 18.2 Å². The summed E-state index contributed by atoms with van der Waals surface area (Å²) >= 11 is 6.16. The molecule has 0 saturated carbocycles. The Morgan fingerprint density at radius 1 is 1.05 bits per heavy atom. The number of rotatable bonds is 2. The van der Waals surface area contributed by atoms with Gasteiger partial charge in [0.15, 0.2) is 0 Å². The summed E-state index contributed by atoms with van der Waals surface area (Å²) in [5.41, 5.74) is 5.85. The molecule has 1 heterocycles. The van der Waals surface area contributed by atoms with Crippen molar-refractivity contribution in [3.05, 3.63) is 41.4 Å². The van der Waals surface area contributed by atoms with Crippen LogP contribution < -0.4 is 5.73 Å². The first kappa shape index (κ1) is 17.5. The van der Waals surface area contributed by atoms with E-state index in [0.29, 0.717) is 41.2 Å². The molecule has 4 nitrogen and oxygen atoms in total. The summed E-state index contributed by atoms with van der Waals surface area (Å²) in [6.45, 7) is 0.945. The van der Waals surface area contributed by atoms with Crippen molar-refractivity contribution >= 4 is 44.8 Å². The van der Waals surface area contributed by atoms with Gasteiger partial charge in [0.25, 0.3) is 0 Å². The fourth-order valence-electron chi connectivity index (χ4n) is 2.71. The molecule has 0 atom stereocenters. The molecule has 0 bridgehead atoms. The molecule has 22 heavy (non-hydrogen) atoms. The van der Waals surface area contributed by atoms with Crippen LogP contribution in [-0.2, 0) is 10.0 Å². The van der Waals surface area contributed by atoms with E-state index in [1.807, 2.05) is 18.2 Å². The van der Waals surface area contributed by atoms with Crippen LogP contribution in [0.4, 0.5) is 0 Å². The van der Waals surface area contributed by atoms with E-state index in [-0.39, 0.29) is 18.4 Å². The number of hydrogen-bond donors (Lipinski definition) is 1. The minimum absolute atomic E-state index is 0. The molecule has 120 valence electrons. The highest BCUT2D eigenvalue weighted by molar-refractivity contribution is 7.89. The molecule has 2 aromatic carbocycles. The summed E-state index contributed by atoms with van der Waals surface area (Å²) in [6.07, 6.45) is 1.40. The second kappa shape index (κ2) is 6.72. The Balaban J connectivity index is 0.00000176. The van der Waals surface area contributed by atoms with Crippen LogP contribution >= 0.6 is 24.0 Å². The molecule has 1 aliphatic heterocycles. The van der Waals surface area contributed by atoms with E-state index in [0.717, 1.165) is 5.39 Å². The van der Waals surface area contributed by atoms with E-state index >= 15 is 0 Å². The van der Waals surface area contributed by atoms with Crippen LogP contribution in [0.5, 0.6) is 0 Å². The predicted molar refractivity (Wildman–Crippen MR) is 92.2 cm³/mol. The maximum atomic E-state index is 12.9. The number of halogens is 2. The minimum Gasteiger partial charge on any atom is -0.328 e. The van der Waals surface area contributed by atoms with Crippen molar-refractivity contribution < 1.29 is 8.42 Å². The Morgan fingerprint density at radius 3 is 2.27 bits per heavy atom. The van der Waals surface area contributed by atoms with Gasteiger partial charge in [0.1, 0.15) is 0 Å². The number of piperidine rings is 1. The normalized spacial score (nSPS) is 17.4. The Hall–Kier alpha value is -0.850. The van der Waals surface area contributed by atoms with E-state index in [4.69, 9.17) is 17.3 Å². The molecule has 2 aromatic rings. The lowest BCUT2D eigenvalue weighted by molar-refractivity contribution is 0.320. The van der Waals surface area contributed by atoms with Crippen LogP contribution in [0.1, 0.15) is 12.8 Å². The molecule has 0 spiro atoms. The quantitative estimate of drug-likeness (QED) is 0.894. The van der Waals surface area contributed by atoms with E-state index in [2.05, 4.69) is 0 Å². The zero-order valence-corrected chi connectivity index (χ0v) is 14.3. The van der Waals surface area contributed by atoms with Crippen molar-refractivity contribution in [2.75, 3.05) is 13.1 Å². The predicted octanol–water partition coefficient (Wildman–Crippen LogP) is 3.03. The van der Waals surface area contributed by atoms with Gasteiger partial charge in [-0.2, -0.15) is 4.31 Å². The highest BCUT2D eigenvalue weighted by Gasteiger charge is 2.29. The lowest BCUT2D eigenvalue weighted by Gasteiger charge is -2.29. The van der Waals surface area contributed by atoms with Gasteiger partial charge in [-0.25, -0.2) is 8.42 Å². The molecular formula is C15H18Cl2N2O2S. The number of nitrogens with two attached hydrogens (primary N) is 1. The Bertz CT molecular complexity index is 772. The zero-order valence-electron chi connectivity index (χ0n) is 11.9. The van der Waals surface area contributed by atoms with Crippen LogP contribution in [0.15, 0.2) is 41.3 Å². The van der Waals surface area contributed by atoms with Gasteiger partial charge in [-0.05, 0) is 25.0 Å². The standard InChI is InChI=1S/C15H17ClN2O2S.ClH/c16-14-5-6-15(13-4-2-1-3-12(13)14)21(19,20)18-9-7-11(17)8-10-18;/h1-6,11H,7-10,17H2;1H. The monoisotopic (exact) mass is 360 g/mol. The van der Waals surface area contributed by atoms with Crippen molar-refractivity contribution in [1.29, 1.82) is 0 Å². The maximum absolute atomic E-state index is 12.9. The maximum Gasteiger partial charge on any atom is 0.243 e. The van der Waals surface area contributed by atoms with Gasteiger partial charge in [-0.1, -0.05) is 35.9 Å². The minimum atomic E-state index is -3.51. The van der Waals surface area contributed by atoms with Crippen molar-refractivity contribution in [3.8, 4) is 0 Å². The zero-order chi connectivity index (χ0) is 15.0. The number of benzene rings is 2. The number of hydrogen-bond acceptors (Lipinski definition) is 3. The topological polar surface area (TPSA) is 63.4 Å². The molecular weight excluding hydrogens is 343 g/mol. The first-order valence-electron chi connectivity index (χ1n) is 6.93. The fraction of sp³-hybridized carbons (Fsp3) is 0.333. The molecule has 0 unspecified atom stereocenters. The van der Waals surface area contributed by atoms with Gasteiger partial charge >= 0.3 is 0 Å². The Labute approximate surface area is 141 Å². The second-order valence-electron chi connectivity index (χ2n) is 5.33. The fourth-order valence-corrected chi connectivity index (χ4v) is 4.61. The molecule has 7 heteroatoms. The second-order valence-corrected chi connectivity index (χ2v) is 7.65. The van der Waals surface area contributed by atoms with Crippen LogP contribution in [0.2, 0.25) is 5.02 Å². The summed E-state index contributed by atoms with van der Waals surface area (Å²) in [4.78, 5) is 0.318. The van der Waals surface area contributed by atoms with Gasteiger partial charge < -0.3 is 5.73 Å². The first-order valence-corrected chi connectivity index (χ1v) is 8.75. The third kappa shape index (κ3) is 3.09. The van der Waals surface area contributed by atoms with Gasteiger partial charge in [-0.3, -0.25) is 0 Å².